The molecule has 6 heteroatoms. The molecule has 0 fully saturated rings. The van der Waals surface area contributed by atoms with Crippen molar-refractivity contribution < 1.29 is 14.7 Å². The van der Waals surface area contributed by atoms with Crippen molar-refractivity contribution in [2.45, 2.75) is 11.9 Å². The Morgan fingerprint density at radius 3 is 2.88 bits per heavy atom. The minimum absolute atomic E-state index is 0.143. The summed E-state index contributed by atoms with van der Waals surface area (Å²) in [6, 6.07) is 3.04. The zero-order chi connectivity index (χ0) is 12.1. The molecule has 1 unspecified atom stereocenters. The molecule has 0 aliphatic heterocycles. The van der Waals surface area contributed by atoms with E-state index in [1.165, 1.54) is 24.0 Å². The van der Waals surface area contributed by atoms with E-state index in [2.05, 4.69) is 4.98 Å². The molecule has 1 aromatic rings. The minimum Gasteiger partial charge on any atom is -0.478 e. The van der Waals surface area contributed by atoms with Gasteiger partial charge in [-0.05, 0) is 12.1 Å². The van der Waals surface area contributed by atoms with Crippen LogP contribution in [0.5, 0.6) is 0 Å². The first-order valence-corrected chi connectivity index (χ1v) is 5.61. The standard InChI is InChI=1S/C10H12N2O3S/c1-6(8(11)13)5-16-9-7(10(14)15)3-2-4-12-9/h2-4,6H,5H2,1H3,(H2,11,13)(H,14,15). The number of nitrogens with two attached hydrogens (primary N) is 1. The number of rotatable bonds is 5. The maximum Gasteiger partial charge on any atom is 0.338 e. The molecule has 1 amide bonds. The summed E-state index contributed by atoms with van der Waals surface area (Å²) in [5.41, 5.74) is 5.25. The smallest absolute Gasteiger partial charge is 0.338 e. The zero-order valence-electron chi connectivity index (χ0n) is 8.71. The second-order valence-electron chi connectivity index (χ2n) is 3.28. The van der Waals surface area contributed by atoms with Gasteiger partial charge < -0.3 is 10.8 Å². The van der Waals surface area contributed by atoms with Gasteiger partial charge in [0.05, 0.1) is 5.56 Å². The van der Waals surface area contributed by atoms with Crippen molar-refractivity contribution in [1.29, 1.82) is 0 Å². The van der Waals surface area contributed by atoms with Crippen LogP contribution in [0.2, 0.25) is 0 Å². The molecule has 0 aliphatic rings. The van der Waals surface area contributed by atoms with Crippen LogP contribution in [0.1, 0.15) is 17.3 Å². The number of hydrogen-bond donors (Lipinski definition) is 2. The molecule has 1 aromatic heterocycles. The molecule has 0 aliphatic carbocycles. The predicted octanol–water partition coefficient (Wildman–Crippen LogP) is 0.993. The Balaban J connectivity index is 2.74. The van der Waals surface area contributed by atoms with Gasteiger partial charge in [-0.2, -0.15) is 0 Å². The van der Waals surface area contributed by atoms with Gasteiger partial charge in [0, 0.05) is 17.9 Å². The number of carboxylic acids is 1. The van der Waals surface area contributed by atoms with E-state index >= 15 is 0 Å². The van der Waals surface area contributed by atoms with Crippen molar-refractivity contribution in [3.05, 3.63) is 23.9 Å². The van der Waals surface area contributed by atoms with E-state index < -0.39 is 11.9 Å². The van der Waals surface area contributed by atoms with Crippen LogP contribution in [-0.4, -0.2) is 27.7 Å². The predicted molar refractivity (Wildman–Crippen MR) is 60.3 cm³/mol. The van der Waals surface area contributed by atoms with Gasteiger partial charge in [0.25, 0.3) is 0 Å². The molecule has 0 saturated heterocycles. The highest BCUT2D eigenvalue weighted by Gasteiger charge is 2.14. The summed E-state index contributed by atoms with van der Waals surface area (Å²) in [6.07, 6.45) is 1.52. The Kier molecular flexibility index (Phi) is 4.30. The van der Waals surface area contributed by atoms with Crippen LogP contribution in [0.25, 0.3) is 0 Å². The lowest BCUT2D eigenvalue weighted by atomic mass is 10.2. The van der Waals surface area contributed by atoms with E-state index in [-0.39, 0.29) is 11.5 Å². The number of nitrogens with zero attached hydrogens (tertiary/aromatic N) is 1. The van der Waals surface area contributed by atoms with Crippen molar-refractivity contribution in [3.63, 3.8) is 0 Å². The Bertz CT molecular complexity index is 409. The molecule has 0 spiro atoms. The van der Waals surface area contributed by atoms with Crippen molar-refractivity contribution in [3.8, 4) is 0 Å². The lowest BCUT2D eigenvalue weighted by Crippen LogP contribution is -2.22. The Hall–Kier alpha value is -1.56. The number of aromatic nitrogens is 1. The Labute approximate surface area is 97.1 Å². The second-order valence-corrected chi connectivity index (χ2v) is 4.28. The lowest BCUT2D eigenvalue weighted by molar-refractivity contribution is -0.120. The van der Waals surface area contributed by atoms with E-state index in [0.717, 1.165) is 0 Å². The van der Waals surface area contributed by atoms with E-state index in [0.29, 0.717) is 10.8 Å². The van der Waals surface area contributed by atoms with Crippen molar-refractivity contribution in [1.82, 2.24) is 4.98 Å². The lowest BCUT2D eigenvalue weighted by Gasteiger charge is -2.07. The number of carboxylic acid groups (broad SMARTS) is 1. The second kappa shape index (κ2) is 5.50. The molecule has 1 rings (SSSR count). The molecule has 0 bridgehead atoms. The summed E-state index contributed by atoms with van der Waals surface area (Å²) < 4.78 is 0. The third-order valence-electron chi connectivity index (χ3n) is 1.96. The summed E-state index contributed by atoms with van der Waals surface area (Å²) in [5, 5.41) is 9.30. The molecule has 86 valence electrons. The summed E-state index contributed by atoms with van der Waals surface area (Å²) >= 11 is 1.22. The highest BCUT2D eigenvalue weighted by atomic mass is 32.2. The normalized spacial score (nSPS) is 12.1. The third-order valence-corrected chi connectivity index (χ3v) is 3.22. The molecule has 3 N–H and O–H groups in total. The number of primary amides is 1. The van der Waals surface area contributed by atoms with Crippen LogP contribution in [0.3, 0.4) is 0 Å². The van der Waals surface area contributed by atoms with Crippen LogP contribution >= 0.6 is 11.8 Å². The number of aromatic carboxylic acids is 1. The van der Waals surface area contributed by atoms with Crippen LogP contribution in [-0.2, 0) is 4.79 Å². The summed E-state index contributed by atoms with van der Waals surface area (Å²) in [6.45, 7) is 1.69. The number of hydrogen-bond acceptors (Lipinski definition) is 4. The molecule has 16 heavy (non-hydrogen) atoms. The highest BCUT2D eigenvalue weighted by Crippen LogP contribution is 2.22. The first-order chi connectivity index (χ1) is 7.52. The van der Waals surface area contributed by atoms with Gasteiger partial charge in [0.1, 0.15) is 5.03 Å². The van der Waals surface area contributed by atoms with Gasteiger partial charge in [0.2, 0.25) is 5.91 Å². The maximum atomic E-state index is 10.9. The summed E-state index contributed by atoms with van der Waals surface area (Å²) in [4.78, 5) is 25.6. The summed E-state index contributed by atoms with van der Waals surface area (Å²) in [5.74, 6) is -1.32. The van der Waals surface area contributed by atoms with Gasteiger partial charge in [-0.15, -0.1) is 11.8 Å². The molecule has 1 heterocycles. The van der Waals surface area contributed by atoms with Crippen LogP contribution in [0, 0.1) is 5.92 Å². The molecular weight excluding hydrogens is 228 g/mol. The topological polar surface area (TPSA) is 93.3 Å². The van der Waals surface area contributed by atoms with Crippen molar-refractivity contribution >= 4 is 23.6 Å². The quantitative estimate of drug-likeness (QED) is 0.749. The van der Waals surface area contributed by atoms with E-state index in [1.54, 1.807) is 13.0 Å². The van der Waals surface area contributed by atoms with Gasteiger partial charge in [-0.25, -0.2) is 9.78 Å². The maximum absolute atomic E-state index is 10.9. The summed E-state index contributed by atoms with van der Waals surface area (Å²) in [7, 11) is 0. The number of amides is 1. The largest absolute Gasteiger partial charge is 0.478 e. The molecule has 0 radical (unpaired) electrons. The van der Waals surface area contributed by atoms with E-state index in [9.17, 15) is 9.59 Å². The SMILES string of the molecule is CC(CSc1ncccc1C(=O)O)C(N)=O. The van der Waals surface area contributed by atoms with Crippen molar-refractivity contribution in [2.75, 3.05) is 5.75 Å². The Morgan fingerprint density at radius 2 is 2.31 bits per heavy atom. The number of pyridine rings is 1. The molecule has 5 nitrogen and oxygen atoms in total. The molecule has 1 atom stereocenters. The molecular formula is C10H12N2O3S. The van der Waals surface area contributed by atoms with Gasteiger partial charge in [0.15, 0.2) is 0 Å². The monoisotopic (exact) mass is 240 g/mol. The van der Waals surface area contributed by atoms with Crippen LogP contribution in [0.15, 0.2) is 23.4 Å². The van der Waals surface area contributed by atoms with Crippen molar-refractivity contribution in [2.24, 2.45) is 11.7 Å². The fraction of sp³-hybridized carbons (Fsp3) is 0.300. The molecule has 0 saturated carbocycles. The first-order valence-electron chi connectivity index (χ1n) is 4.62. The minimum atomic E-state index is -1.03. The van der Waals surface area contributed by atoms with Gasteiger partial charge in [-0.3, -0.25) is 4.79 Å². The number of carbonyl (C=O) groups is 2. The van der Waals surface area contributed by atoms with Gasteiger partial charge >= 0.3 is 5.97 Å². The highest BCUT2D eigenvalue weighted by molar-refractivity contribution is 7.99. The number of carbonyl (C=O) groups excluding carboxylic acids is 1. The zero-order valence-corrected chi connectivity index (χ0v) is 9.53. The fourth-order valence-electron chi connectivity index (χ4n) is 0.955. The van der Waals surface area contributed by atoms with Crippen LogP contribution < -0.4 is 5.73 Å². The van der Waals surface area contributed by atoms with Crippen LogP contribution in [0.4, 0.5) is 0 Å². The third kappa shape index (κ3) is 3.23. The van der Waals surface area contributed by atoms with Gasteiger partial charge in [-0.1, -0.05) is 6.92 Å². The number of thioether (sulfide) groups is 1. The average molecular weight is 240 g/mol. The molecule has 0 aromatic carbocycles. The first kappa shape index (κ1) is 12.5. The fourth-order valence-corrected chi connectivity index (χ4v) is 1.97. The van der Waals surface area contributed by atoms with E-state index in [1.807, 2.05) is 0 Å². The Morgan fingerprint density at radius 1 is 1.62 bits per heavy atom. The average Bonchev–Trinajstić information content (AvgIpc) is 2.25. The van der Waals surface area contributed by atoms with E-state index in [4.69, 9.17) is 10.8 Å².